The molecular weight excluding hydrogens is 264 g/mol. The van der Waals surface area contributed by atoms with Gasteiger partial charge in [-0.05, 0) is 49.9 Å². The molecular formula is C14H18O4S. The van der Waals surface area contributed by atoms with Crippen LogP contribution in [-0.4, -0.2) is 33.2 Å². The second-order valence-electron chi connectivity index (χ2n) is 4.92. The van der Waals surface area contributed by atoms with Gasteiger partial charge in [-0.3, -0.25) is 4.21 Å². The van der Waals surface area contributed by atoms with E-state index < -0.39 is 22.9 Å². The molecule has 0 amide bonds. The number of hydrogen-bond donors (Lipinski definition) is 1. The maximum atomic E-state index is 12.2. The minimum absolute atomic E-state index is 0.219. The zero-order valence-electron chi connectivity index (χ0n) is 11.1. The minimum Gasteiger partial charge on any atom is -0.479 e. The number of ether oxygens (including phenoxy) is 1. The van der Waals surface area contributed by atoms with Crippen LogP contribution in [0.1, 0.15) is 24.0 Å². The van der Waals surface area contributed by atoms with Crippen LogP contribution in [0.3, 0.4) is 0 Å². The maximum absolute atomic E-state index is 12.2. The number of aryl methyl sites for hydroxylation is 2. The highest BCUT2D eigenvalue weighted by Crippen LogP contribution is 2.22. The van der Waals surface area contributed by atoms with Crippen molar-refractivity contribution in [1.82, 2.24) is 0 Å². The molecule has 1 aliphatic rings. The molecule has 3 atom stereocenters. The molecule has 0 aromatic heterocycles. The van der Waals surface area contributed by atoms with E-state index in [4.69, 9.17) is 9.84 Å². The number of carboxylic acids is 1. The molecule has 1 N–H and O–H groups in total. The van der Waals surface area contributed by atoms with Crippen molar-refractivity contribution in [3.05, 3.63) is 29.3 Å². The van der Waals surface area contributed by atoms with Gasteiger partial charge in [-0.25, -0.2) is 4.79 Å². The van der Waals surface area contributed by atoms with Crippen LogP contribution in [0.5, 0.6) is 0 Å². The Morgan fingerprint density at radius 1 is 1.37 bits per heavy atom. The maximum Gasteiger partial charge on any atom is 0.332 e. The number of rotatable bonds is 4. The molecule has 1 saturated heterocycles. The molecule has 0 spiro atoms. The second-order valence-corrected chi connectivity index (χ2v) is 6.42. The fourth-order valence-electron chi connectivity index (χ4n) is 2.13. The molecule has 3 unspecified atom stereocenters. The van der Waals surface area contributed by atoms with Crippen molar-refractivity contribution in [3.8, 4) is 0 Å². The summed E-state index contributed by atoms with van der Waals surface area (Å²) in [6, 6.07) is 5.75. The van der Waals surface area contributed by atoms with E-state index in [9.17, 15) is 9.00 Å². The van der Waals surface area contributed by atoms with Crippen molar-refractivity contribution in [1.29, 1.82) is 0 Å². The molecule has 104 valence electrons. The summed E-state index contributed by atoms with van der Waals surface area (Å²) >= 11 is 0. The lowest BCUT2D eigenvalue weighted by Crippen LogP contribution is -2.23. The molecule has 0 radical (unpaired) electrons. The summed E-state index contributed by atoms with van der Waals surface area (Å²) in [5, 5.41) is 8.85. The fourth-order valence-corrected chi connectivity index (χ4v) is 3.43. The molecule has 5 heteroatoms. The first-order valence-electron chi connectivity index (χ1n) is 6.31. The highest BCUT2D eigenvalue weighted by molar-refractivity contribution is 7.85. The van der Waals surface area contributed by atoms with Crippen LogP contribution in [-0.2, 0) is 20.3 Å². The molecule has 1 fully saturated rings. The summed E-state index contributed by atoms with van der Waals surface area (Å²) < 4.78 is 17.6. The highest BCUT2D eigenvalue weighted by atomic mass is 32.2. The molecule has 0 bridgehead atoms. The molecule has 1 aromatic rings. The van der Waals surface area contributed by atoms with E-state index in [-0.39, 0.29) is 6.10 Å². The fraction of sp³-hybridized carbons (Fsp3) is 0.500. The van der Waals surface area contributed by atoms with Crippen molar-refractivity contribution in [3.63, 3.8) is 0 Å². The Labute approximate surface area is 115 Å². The van der Waals surface area contributed by atoms with Gasteiger partial charge in [0, 0.05) is 4.90 Å². The van der Waals surface area contributed by atoms with Crippen molar-refractivity contribution in [2.45, 2.75) is 43.8 Å². The first kappa shape index (κ1) is 14.2. The Bertz CT molecular complexity index is 512. The largest absolute Gasteiger partial charge is 0.479 e. The summed E-state index contributed by atoms with van der Waals surface area (Å²) in [7, 11) is -1.14. The number of benzene rings is 1. The van der Waals surface area contributed by atoms with E-state index in [1.165, 1.54) is 5.56 Å². The van der Waals surface area contributed by atoms with Crippen LogP contribution in [0.25, 0.3) is 0 Å². The van der Waals surface area contributed by atoms with Crippen molar-refractivity contribution < 1.29 is 18.8 Å². The zero-order chi connectivity index (χ0) is 14.0. The summed E-state index contributed by atoms with van der Waals surface area (Å²) in [5.41, 5.74) is 2.28. The topological polar surface area (TPSA) is 63.6 Å². The van der Waals surface area contributed by atoms with E-state index in [0.29, 0.717) is 18.6 Å². The van der Waals surface area contributed by atoms with Gasteiger partial charge >= 0.3 is 5.97 Å². The van der Waals surface area contributed by atoms with E-state index in [1.54, 1.807) is 0 Å². The number of carboxylic acid groups (broad SMARTS) is 1. The van der Waals surface area contributed by atoms with Crippen molar-refractivity contribution >= 4 is 16.8 Å². The van der Waals surface area contributed by atoms with E-state index in [1.807, 2.05) is 32.0 Å². The van der Waals surface area contributed by atoms with Gasteiger partial charge in [0.15, 0.2) is 6.10 Å². The van der Waals surface area contributed by atoms with Crippen molar-refractivity contribution in [2.75, 3.05) is 5.75 Å². The van der Waals surface area contributed by atoms with Crippen LogP contribution in [0, 0.1) is 13.8 Å². The molecule has 0 saturated carbocycles. The third-order valence-electron chi connectivity index (χ3n) is 3.46. The average Bonchev–Trinajstić information content (AvgIpc) is 2.81. The van der Waals surface area contributed by atoms with E-state index in [0.717, 1.165) is 10.5 Å². The van der Waals surface area contributed by atoms with Crippen LogP contribution < -0.4 is 0 Å². The Kier molecular flexibility index (Phi) is 4.37. The van der Waals surface area contributed by atoms with Gasteiger partial charge < -0.3 is 9.84 Å². The van der Waals surface area contributed by atoms with Gasteiger partial charge in [0.1, 0.15) is 0 Å². The third kappa shape index (κ3) is 3.42. The van der Waals surface area contributed by atoms with Gasteiger partial charge in [-0.15, -0.1) is 0 Å². The van der Waals surface area contributed by atoms with Crippen molar-refractivity contribution in [2.24, 2.45) is 0 Å². The lowest BCUT2D eigenvalue weighted by Gasteiger charge is -2.11. The Balaban J connectivity index is 1.98. The molecule has 1 heterocycles. The standard InChI is InChI=1S/C14H18O4S/c1-9-3-5-12(7-10(9)2)19(17)8-11-4-6-13(18-11)14(15)16/h3,5,7,11,13H,4,6,8H2,1-2H3,(H,15,16). The Morgan fingerprint density at radius 3 is 2.68 bits per heavy atom. The van der Waals surface area contributed by atoms with E-state index >= 15 is 0 Å². The normalized spacial score (nSPS) is 24.3. The van der Waals surface area contributed by atoms with Crippen LogP contribution in [0.2, 0.25) is 0 Å². The predicted molar refractivity (Wildman–Crippen MR) is 72.7 cm³/mol. The lowest BCUT2D eigenvalue weighted by molar-refractivity contribution is -0.148. The molecule has 2 rings (SSSR count). The predicted octanol–water partition coefficient (Wildman–Crippen LogP) is 2.04. The van der Waals surface area contributed by atoms with Gasteiger partial charge in [-0.1, -0.05) is 6.07 Å². The summed E-state index contributed by atoms with van der Waals surface area (Å²) in [6.45, 7) is 4.00. The zero-order valence-corrected chi connectivity index (χ0v) is 11.9. The van der Waals surface area contributed by atoms with Crippen LogP contribution in [0.15, 0.2) is 23.1 Å². The molecule has 1 aromatic carbocycles. The second kappa shape index (κ2) is 5.84. The molecule has 0 aliphatic carbocycles. The van der Waals surface area contributed by atoms with Gasteiger partial charge in [0.05, 0.1) is 22.7 Å². The van der Waals surface area contributed by atoms with E-state index in [2.05, 4.69) is 0 Å². The Hall–Kier alpha value is -1.20. The van der Waals surface area contributed by atoms with Gasteiger partial charge in [0.25, 0.3) is 0 Å². The summed E-state index contributed by atoms with van der Waals surface area (Å²) in [6.07, 6.45) is 0.211. The first-order chi connectivity index (χ1) is 8.97. The molecule has 19 heavy (non-hydrogen) atoms. The first-order valence-corrected chi connectivity index (χ1v) is 7.63. The lowest BCUT2D eigenvalue weighted by atomic mass is 10.1. The number of hydrogen-bond acceptors (Lipinski definition) is 3. The quantitative estimate of drug-likeness (QED) is 0.918. The SMILES string of the molecule is Cc1ccc(S(=O)CC2CCC(C(=O)O)O2)cc1C. The summed E-state index contributed by atoms with van der Waals surface area (Å²) in [5.74, 6) is -0.564. The van der Waals surface area contributed by atoms with Gasteiger partial charge in [-0.2, -0.15) is 0 Å². The highest BCUT2D eigenvalue weighted by Gasteiger charge is 2.31. The summed E-state index contributed by atoms with van der Waals surface area (Å²) in [4.78, 5) is 11.6. The van der Waals surface area contributed by atoms with Crippen LogP contribution in [0.4, 0.5) is 0 Å². The minimum atomic E-state index is -1.14. The average molecular weight is 282 g/mol. The number of carbonyl (C=O) groups is 1. The molecule has 1 aliphatic heterocycles. The van der Waals surface area contributed by atoms with Gasteiger partial charge in [0.2, 0.25) is 0 Å². The Morgan fingerprint density at radius 2 is 2.11 bits per heavy atom. The smallest absolute Gasteiger partial charge is 0.332 e. The molecule has 4 nitrogen and oxygen atoms in total. The monoisotopic (exact) mass is 282 g/mol. The van der Waals surface area contributed by atoms with Crippen LogP contribution >= 0.6 is 0 Å². The third-order valence-corrected chi connectivity index (χ3v) is 4.92. The number of aliphatic carboxylic acids is 1.